The van der Waals surface area contributed by atoms with Crippen molar-refractivity contribution >= 4 is 11.7 Å². The number of oxime groups is 1. The van der Waals surface area contributed by atoms with Gasteiger partial charge in [0, 0.05) is 23.9 Å². The second-order valence-electron chi connectivity index (χ2n) is 5.47. The molecule has 2 rings (SSSR count). The fourth-order valence-electron chi connectivity index (χ4n) is 1.96. The zero-order chi connectivity index (χ0) is 14.8. The van der Waals surface area contributed by atoms with Gasteiger partial charge in [-0.3, -0.25) is 4.79 Å². The van der Waals surface area contributed by atoms with Crippen molar-refractivity contribution in [2.24, 2.45) is 16.3 Å². The molecule has 0 saturated carbocycles. The van der Waals surface area contributed by atoms with Gasteiger partial charge >= 0.3 is 0 Å². The predicted octanol–water partition coefficient (Wildman–Crippen LogP) is 1.12. The molecule has 1 heterocycles. The van der Waals surface area contributed by atoms with E-state index in [9.17, 15) is 4.79 Å². The monoisotopic (exact) mass is 277 g/mol. The number of nitrogens with one attached hydrogen (secondary N) is 1. The van der Waals surface area contributed by atoms with Crippen LogP contribution in [0.1, 0.15) is 29.8 Å². The second-order valence-corrected chi connectivity index (χ2v) is 5.47. The Bertz CT molecular complexity index is 553. The maximum Gasteiger partial charge on any atom is 0.251 e. The third-order valence-corrected chi connectivity index (χ3v) is 3.44. The van der Waals surface area contributed by atoms with Crippen LogP contribution in [0.3, 0.4) is 0 Å². The number of nitrogens with zero attached hydrogens (tertiary/aromatic N) is 1. The first-order valence-electron chi connectivity index (χ1n) is 6.46. The molecule has 1 aromatic carbocycles. The first-order valence-corrected chi connectivity index (χ1v) is 6.46. The Morgan fingerprint density at radius 2 is 2.30 bits per heavy atom. The van der Waals surface area contributed by atoms with Crippen molar-refractivity contribution in [1.29, 1.82) is 0 Å². The van der Waals surface area contributed by atoms with Crippen molar-refractivity contribution in [3.05, 3.63) is 29.3 Å². The van der Waals surface area contributed by atoms with Crippen molar-refractivity contribution in [2.75, 3.05) is 13.2 Å². The van der Waals surface area contributed by atoms with Crippen LogP contribution in [-0.4, -0.2) is 30.1 Å². The SMILES string of the molecule is CC(C)(CNC(=O)c1ccc2c(c1)CCO2)/C(N)=N/O. The van der Waals surface area contributed by atoms with E-state index in [1.165, 1.54) is 0 Å². The lowest BCUT2D eigenvalue weighted by molar-refractivity contribution is 0.0944. The third-order valence-electron chi connectivity index (χ3n) is 3.44. The molecule has 1 aromatic rings. The molecule has 0 bridgehead atoms. The van der Waals surface area contributed by atoms with Gasteiger partial charge in [-0.2, -0.15) is 0 Å². The Morgan fingerprint density at radius 1 is 1.55 bits per heavy atom. The molecule has 4 N–H and O–H groups in total. The summed E-state index contributed by atoms with van der Waals surface area (Å²) in [5.41, 5.74) is 6.61. The number of hydrogen-bond acceptors (Lipinski definition) is 4. The van der Waals surface area contributed by atoms with Gasteiger partial charge in [0.05, 0.1) is 6.61 Å². The van der Waals surface area contributed by atoms with Crippen LogP contribution in [0.25, 0.3) is 0 Å². The highest BCUT2D eigenvalue weighted by Gasteiger charge is 2.25. The lowest BCUT2D eigenvalue weighted by Gasteiger charge is -2.23. The van der Waals surface area contributed by atoms with Crippen LogP contribution in [0, 0.1) is 5.41 Å². The van der Waals surface area contributed by atoms with Gasteiger partial charge in [0.2, 0.25) is 0 Å². The number of amides is 1. The molecule has 0 saturated heterocycles. The van der Waals surface area contributed by atoms with Gasteiger partial charge in [-0.05, 0) is 23.8 Å². The summed E-state index contributed by atoms with van der Waals surface area (Å²) in [6.45, 7) is 4.53. The molecule has 0 unspecified atom stereocenters. The Morgan fingerprint density at radius 3 is 3.00 bits per heavy atom. The molecule has 1 amide bonds. The molecule has 0 aliphatic carbocycles. The van der Waals surface area contributed by atoms with E-state index in [1.807, 2.05) is 12.1 Å². The Labute approximate surface area is 117 Å². The van der Waals surface area contributed by atoms with Crippen LogP contribution in [-0.2, 0) is 6.42 Å². The molecule has 1 aliphatic heterocycles. The lowest BCUT2D eigenvalue weighted by Crippen LogP contribution is -2.42. The zero-order valence-electron chi connectivity index (χ0n) is 11.6. The van der Waals surface area contributed by atoms with Crippen molar-refractivity contribution in [3.63, 3.8) is 0 Å². The van der Waals surface area contributed by atoms with Crippen molar-refractivity contribution in [3.8, 4) is 5.75 Å². The number of carbonyl (C=O) groups is 1. The standard InChI is InChI=1S/C14H19N3O3/c1-14(2,13(15)17-19)8-16-12(18)10-3-4-11-9(7-10)5-6-20-11/h3-4,7,19H,5-6,8H2,1-2H3,(H2,15,17)(H,16,18). The van der Waals surface area contributed by atoms with Gasteiger partial charge in [-0.1, -0.05) is 19.0 Å². The summed E-state index contributed by atoms with van der Waals surface area (Å²) in [7, 11) is 0. The highest BCUT2D eigenvalue weighted by molar-refractivity contribution is 5.95. The van der Waals surface area contributed by atoms with E-state index < -0.39 is 5.41 Å². The van der Waals surface area contributed by atoms with E-state index in [0.717, 1.165) is 17.7 Å². The van der Waals surface area contributed by atoms with Crippen LogP contribution < -0.4 is 15.8 Å². The molecular formula is C14H19N3O3. The highest BCUT2D eigenvalue weighted by atomic mass is 16.5. The van der Waals surface area contributed by atoms with Gasteiger partial charge in [0.25, 0.3) is 5.91 Å². The number of rotatable bonds is 4. The predicted molar refractivity (Wildman–Crippen MR) is 75.2 cm³/mol. The van der Waals surface area contributed by atoms with Crippen LogP contribution >= 0.6 is 0 Å². The summed E-state index contributed by atoms with van der Waals surface area (Å²) in [6, 6.07) is 5.38. The summed E-state index contributed by atoms with van der Waals surface area (Å²) in [6.07, 6.45) is 0.825. The number of fused-ring (bicyclic) bond motifs is 1. The molecule has 20 heavy (non-hydrogen) atoms. The molecule has 6 nitrogen and oxygen atoms in total. The Balaban J connectivity index is 2.02. The quantitative estimate of drug-likeness (QED) is 0.332. The van der Waals surface area contributed by atoms with Crippen LogP contribution in [0.5, 0.6) is 5.75 Å². The second kappa shape index (κ2) is 5.40. The summed E-state index contributed by atoms with van der Waals surface area (Å²) in [5.74, 6) is 0.747. The number of carbonyl (C=O) groups excluding carboxylic acids is 1. The van der Waals surface area contributed by atoms with E-state index in [1.54, 1.807) is 19.9 Å². The number of nitrogens with two attached hydrogens (primary N) is 1. The Hall–Kier alpha value is -2.24. The summed E-state index contributed by atoms with van der Waals surface area (Å²) >= 11 is 0. The largest absolute Gasteiger partial charge is 0.493 e. The fourth-order valence-corrected chi connectivity index (χ4v) is 1.96. The highest BCUT2D eigenvalue weighted by Crippen LogP contribution is 2.25. The third kappa shape index (κ3) is 2.84. The normalized spacial score (nSPS) is 14.6. The number of hydrogen-bond donors (Lipinski definition) is 3. The molecule has 0 atom stereocenters. The average Bonchev–Trinajstić information content (AvgIpc) is 2.91. The summed E-state index contributed by atoms with van der Waals surface area (Å²) < 4.78 is 5.40. The van der Waals surface area contributed by atoms with Gasteiger partial charge in [-0.25, -0.2) is 0 Å². The fraction of sp³-hybridized carbons (Fsp3) is 0.429. The smallest absolute Gasteiger partial charge is 0.251 e. The molecule has 108 valence electrons. The van der Waals surface area contributed by atoms with Gasteiger partial charge in [0.1, 0.15) is 11.6 Å². The Kier molecular flexibility index (Phi) is 3.83. The molecule has 0 fully saturated rings. The van der Waals surface area contributed by atoms with Crippen molar-refractivity contribution in [1.82, 2.24) is 5.32 Å². The molecule has 1 aliphatic rings. The van der Waals surface area contributed by atoms with E-state index >= 15 is 0 Å². The zero-order valence-corrected chi connectivity index (χ0v) is 11.6. The van der Waals surface area contributed by atoms with Gasteiger partial charge in [0.15, 0.2) is 0 Å². The number of benzene rings is 1. The van der Waals surface area contributed by atoms with E-state index in [4.69, 9.17) is 15.7 Å². The summed E-state index contributed by atoms with van der Waals surface area (Å²) in [5, 5.41) is 14.5. The maximum absolute atomic E-state index is 12.1. The molecular weight excluding hydrogens is 258 g/mol. The minimum atomic E-state index is -0.607. The van der Waals surface area contributed by atoms with Crippen molar-refractivity contribution in [2.45, 2.75) is 20.3 Å². The van der Waals surface area contributed by atoms with Crippen LogP contribution in [0.15, 0.2) is 23.4 Å². The number of ether oxygens (including phenoxy) is 1. The first-order chi connectivity index (χ1) is 9.44. The van der Waals surface area contributed by atoms with Crippen LogP contribution in [0.4, 0.5) is 0 Å². The number of amidine groups is 1. The molecule has 0 aromatic heterocycles. The van der Waals surface area contributed by atoms with E-state index in [0.29, 0.717) is 12.2 Å². The lowest BCUT2D eigenvalue weighted by atomic mass is 9.92. The first kappa shape index (κ1) is 14.2. The molecule has 6 heteroatoms. The topological polar surface area (TPSA) is 96.9 Å². The van der Waals surface area contributed by atoms with E-state index in [-0.39, 0.29) is 18.3 Å². The van der Waals surface area contributed by atoms with E-state index in [2.05, 4.69) is 10.5 Å². The van der Waals surface area contributed by atoms with Crippen LogP contribution in [0.2, 0.25) is 0 Å². The van der Waals surface area contributed by atoms with Gasteiger partial charge in [-0.15, -0.1) is 0 Å². The molecule has 0 radical (unpaired) electrons. The average molecular weight is 277 g/mol. The summed E-state index contributed by atoms with van der Waals surface area (Å²) in [4.78, 5) is 12.1. The maximum atomic E-state index is 12.1. The minimum absolute atomic E-state index is 0.0835. The molecule has 0 spiro atoms. The minimum Gasteiger partial charge on any atom is -0.493 e. The van der Waals surface area contributed by atoms with Crippen molar-refractivity contribution < 1.29 is 14.7 Å². The van der Waals surface area contributed by atoms with Gasteiger partial charge < -0.3 is 21.0 Å².